The van der Waals surface area contributed by atoms with Gasteiger partial charge in [0.2, 0.25) is 5.91 Å². The molecular formula is C15H22N2O3S. The molecule has 0 aromatic heterocycles. The summed E-state index contributed by atoms with van der Waals surface area (Å²) in [5.41, 5.74) is 6.99. The lowest BCUT2D eigenvalue weighted by atomic mass is 10.2. The van der Waals surface area contributed by atoms with Crippen molar-refractivity contribution < 1.29 is 13.7 Å². The number of carbonyl (C=O) groups is 1. The van der Waals surface area contributed by atoms with E-state index in [4.69, 9.17) is 10.5 Å². The molecule has 0 radical (unpaired) electrons. The first kappa shape index (κ1) is 16.0. The van der Waals surface area contributed by atoms with Crippen molar-refractivity contribution in [2.45, 2.75) is 30.9 Å². The van der Waals surface area contributed by atoms with Crippen LogP contribution in [-0.2, 0) is 20.3 Å². The van der Waals surface area contributed by atoms with Gasteiger partial charge in [-0.15, -0.1) is 0 Å². The van der Waals surface area contributed by atoms with Gasteiger partial charge in [-0.25, -0.2) is 0 Å². The second-order valence-electron chi connectivity index (χ2n) is 5.17. The molecule has 0 saturated carbocycles. The van der Waals surface area contributed by atoms with Crippen LogP contribution in [0.3, 0.4) is 0 Å². The van der Waals surface area contributed by atoms with Crippen LogP contribution in [-0.4, -0.2) is 34.3 Å². The maximum Gasteiger partial charge on any atom is 0.224 e. The number of hydrogen-bond acceptors (Lipinski definition) is 4. The Balaban J connectivity index is 1.66. The van der Waals surface area contributed by atoms with Crippen molar-refractivity contribution in [3.05, 3.63) is 24.3 Å². The summed E-state index contributed by atoms with van der Waals surface area (Å²) in [5.74, 6) is 0.531. The highest BCUT2D eigenvalue weighted by molar-refractivity contribution is 7.85. The highest BCUT2D eigenvalue weighted by Crippen LogP contribution is 2.15. The molecule has 3 N–H and O–H groups in total. The number of rotatable bonds is 6. The van der Waals surface area contributed by atoms with Gasteiger partial charge in [-0.2, -0.15) is 0 Å². The third-order valence-corrected chi connectivity index (χ3v) is 5.39. The average molecular weight is 310 g/mol. The Morgan fingerprint density at radius 2 is 1.95 bits per heavy atom. The zero-order valence-corrected chi connectivity index (χ0v) is 12.9. The Labute approximate surface area is 127 Å². The average Bonchev–Trinajstić information content (AvgIpc) is 2.50. The lowest BCUT2D eigenvalue weighted by Gasteiger charge is -2.21. The number of nitrogens with two attached hydrogens (primary N) is 1. The summed E-state index contributed by atoms with van der Waals surface area (Å²) in [4.78, 5) is 11.8. The van der Waals surface area contributed by atoms with Crippen LogP contribution in [0.5, 0.6) is 0 Å². The summed E-state index contributed by atoms with van der Waals surface area (Å²) in [5, 5.41) is 3.04. The Morgan fingerprint density at radius 3 is 2.62 bits per heavy atom. The maximum atomic E-state index is 12.1. The second kappa shape index (κ2) is 8.14. The quantitative estimate of drug-likeness (QED) is 0.787. The minimum absolute atomic E-state index is 0.0521. The summed E-state index contributed by atoms with van der Waals surface area (Å²) in [7, 11) is -0.849. The van der Waals surface area contributed by atoms with Crippen LogP contribution in [0.25, 0.3) is 0 Å². The minimum atomic E-state index is -0.849. The molecule has 116 valence electrons. The number of nitrogen functional groups attached to an aromatic ring is 1. The van der Waals surface area contributed by atoms with Gasteiger partial charge in [0.15, 0.2) is 0 Å². The van der Waals surface area contributed by atoms with Crippen molar-refractivity contribution in [2.24, 2.45) is 0 Å². The molecule has 1 fully saturated rings. The van der Waals surface area contributed by atoms with Crippen molar-refractivity contribution in [3.8, 4) is 0 Å². The van der Waals surface area contributed by atoms with E-state index in [0.717, 1.165) is 18.5 Å². The summed E-state index contributed by atoms with van der Waals surface area (Å²) < 4.78 is 17.3. The van der Waals surface area contributed by atoms with Crippen LogP contribution in [0.15, 0.2) is 24.3 Å². The molecule has 0 aliphatic carbocycles. The molecule has 1 aliphatic heterocycles. The number of amides is 1. The van der Waals surface area contributed by atoms with Gasteiger partial charge < -0.3 is 15.8 Å². The molecule has 1 atom stereocenters. The first-order valence-electron chi connectivity index (χ1n) is 7.25. The highest BCUT2D eigenvalue weighted by Gasteiger charge is 2.19. The molecule has 1 saturated heterocycles. The topological polar surface area (TPSA) is 81.4 Å². The molecule has 0 spiro atoms. The molecule has 1 heterocycles. The van der Waals surface area contributed by atoms with Gasteiger partial charge >= 0.3 is 0 Å². The first-order valence-corrected chi connectivity index (χ1v) is 8.63. The number of anilines is 2. The van der Waals surface area contributed by atoms with E-state index in [2.05, 4.69) is 5.32 Å². The van der Waals surface area contributed by atoms with Crippen LogP contribution in [0, 0.1) is 0 Å². The molecule has 1 amide bonds. The molecule has 21 heavy (non-hydrogen) atoms. The molecule has 0 bridgehead atoms. The number of benzene rings is 1. The van der Waals surface area contributed by atoms with Crippen LogP contribution < -0.4 is 11.1 Å². The zero-order valence-electron chi connectivity index (χ0n) is 12.0. The zero-order chi connectivity index (χ0) is 15.1. The lowest BCUT2D eigenvalue weighted by Crippen LogP contribution is -2.26. The fourth-order valence-electron chi connectivity index (χ4n) is 2.27. The minimum Gasteiger partial charge on any atom is -0.399 e. The van der Waals surface area contributed by atoms with Gasteiger partial charge in [-0.1, -0.05) is 0 Å². The fourth-order valence-corrected chi connectivity index (χ4v) is 3.75. The molecule has 1 aromatic carbocycles. The van der Waals surface area contributed by atoms with Crippen LogP contribution in [0.4, 0.5) is 11.4 Å². The van der Waals surface area contributed by atoms with Crippen molar-refractivity contribution in [1.29, 1.82) is 0 Å². The Hall–Kier alpha value is -1.40. The predicted octanol–water partition coefficient (Wildman–Crippen LogP) is 1.92. The van der Waals surface area contributed by atoms with Gasteiger partial charge in [-0.3, -0.25) is 9.00 Å². The number of hydrogen-bond donors (Lipinski definition) is 2. The van der Waals surface area contributed by atoms with Gasteiger partial charge in [0.25, 0.3) is 0 Å². The number of carbonyl (C=O) groups excluding carboxylic acids is 1. The summed E-state index contributed by atoms with van der Waals surface area (Å²) >= 11 is 0. The molecule has 2 rings (SSSR count). The van der Waals surface area contributed by atoms with E-state index in [0.29, 0.717) is 37.5 Å². The number of nitrogens with one attached hydrogen (secondary N) is 1. The van der Waals surface area contributed by atoms with E-state index in [9.17, 15) is 9.00 Å². The molecular weight excluding hydrogens is 288 g/mol. The summed E-state index contributed by atoms with van der Waals surface area (Å²) in [6, 6.07) is 7.03. The van der Waals surface area contributed by atoms with Crippen LogP contribution >= 0.6 is 0 Å². The SMILES string of the molecule is Nc1ccc(NC(=O)CCCS(=O)C2CCOCC2)cc1. The molecule has 1 aliphatic rings. The van der Waals surface area contributed by atoms with Crippen molar-refractivity contribution in [3.63, 3.8) is 0 Å². The fraction of sp³-hybridized carbons (Fsp3) is 0.533. The van der Waals surface area contributed by atoms with E-state index in [-0.39, 0.29) is 11.2 Å². The van der Waals surface area contributed by atoms with E-state index in [1.165, 1.54) is 0 Å². The Kier molecular flexibility index (Phi) is 6.20. The smallest absolute Gasteiger partial charge is 0.224 e. The van der Waals surface area contributed by atoms with E-state index in [1.807, 2.05) is 0 Å². The standard InChI is InChI=1S/C15H22N2O3S/c16-12-3-5-13(6-4-12)17-15(18)2-1-11-21(19)14-7-9-20-10-8-14/h3-6,14H,1-2,7-11,16H2,(H,17,18). The predicted molar refractivity (Wildman–Crippen MR) is 85.6 cm³/mol. The van der Waals surface area contributed by atoms with Gasteiger partial charge in [-0.05, 0) is 43.5 Å². The third kappa shape index (κ3) is 5.47. The Bertz CT molecular complexity index is 484. The van der Waals surface area contributed by atoms with E-state index in [1.54, 1.807) is 24.3 Å². The molecule has 6 heteroatoms. The van der Waals surface area contributed by atoms with Crippen molar-refractivity contribution in [2.75, 3.05) is 30.0 Å². The third-order valence-electron chi connectivity index (χ3n) is 3.48. The number of ether oxygens (including phenoxy) is 1. The molecule has 1 unspecified atom stereocenters. The second-order valence-corrected chi connectivity index (χ2v) is 7.01. The maximum absolute atomic E-state index is 12.1. The highest BCUT2D eigenvalue weighted by atomic mass is 32.2. The monoisotopic (exact) mass is 310 g/mol. The van der Waals surface area contributed by atoms with Crippen LogP contribution in [0.1, 0.15) is 25.7 Å². The lowest BCUT2D eigenvalue weighted by molar-refractivity contribution is -0.116. The normalized spacial score (nSPS) is 17.3. The van der Waals surface area contributed by atoms with Crippen molar-refractivity contribution in [1.82, 2.24) is 0 Å². The molecule has 1 aromatic rings. The summed E-state index contributed by atoms with van der Waals surface area (Å²) in [6.07, 6.45) is 2.76. The first-order chi connectivity index (χ1) is 10.1. The van der Waals surface area contributed by atoms with E-state index < -0.39 is 10.8 Å². The van der Waals surface area contributed by atoms with E-state index >= 15 is 0 Å². The summed E-state index contributed by atoms with van der Waals surface area (Å²) in [6.45, 7) is 1.40. The van der Waals surface area contributed by atoms with Gasteiger partial charge in [0.1, 0.15) is 0 Å². The van der Waals surface area contributed by atoms with Crippen molar-refractivity contribution >= 4 is 28.1 Å². The van der Waals surface area contributed by atoms with Gasteiger partial charge in [0, 0.05) is 52.8 Å². The van der Waals surface area contributed by atoms with Gasteiger partial charge in [0.05, 0.1) is 0 Å². The largest absolute Gasteiger partial charge is 0.399 e. The van der Waals surface area contributed by atoms with Crippen LogP contribution in [0.2, 0.25) is 0 Å². The Morgan fingerprint density at radius 1 is 1.29 bits per heavy atom. The molecule has 5 nitrogen and oxygen atoms in total.